The van der Waals surface area contributed by atoms with Gasteiger partial charge in [-0.1, -0.05) is 67.2 Å². The Balaban J connectivity index is 1.83. The van der Waals surface area contributed by atoms with E-state index in [1.807, 2.05) is 60.7 Å². The second-order valence-corrected chi connectivity index (χ2v) is 8.40. The predicted molar refractivity (Wildman–Crippen MR) is 132 cm³/mol. The molecular weight excluding hydrogens is 454 g/mol. The van der Waals surface area contributed by atoms with E-state index >= 15 is 0 Å². The van der Waals surface area contributed by atoms with Gasteiger partial charge in [-0.05, 0) is 24.5 Å². The van der Waals surface area contributed by atoms with Crippen molar-refractivity contribution >= 4 is 29.8 Å². The van der Waals surface area contributed by atoms with Crippen LogP contribution in [0, 0.1) is 0 Å². The molecule has 1 unspecified atom stereocenters. The molecule has 1 N–H and O–H groups in total. The van der Waals surface area contributed by atoms with Crippen LogP contribution in [-0.4, -0.2) is 48.9 Å². The number of hydrogen-bond donors (Lipinski definition) is 1. The van der Waals surface area contributed by atoms with Crippen molar-refractivity contribution in [1.82, 2.24) is 5.32 Å². The first-order valence-corrected chi connectivity index (χ1v) is 12.2. The molecule has 8 heteroatoms. The lowest BCUT2D eigenvalue weighted by Crippen LogP contribution is -2.33. The minimum atomic E-state index is -0.684. The van der Waals surface area contributed by atoms with Crippen molar-refractivity contribution in [3.05, 3.63) is 83.9 Å². The molecule has 182 valence electrons. The Morgan fingerprint density at radius 1 is 0.971 bits per heavy atom. The van der Waals surface area contributed by atoms with Crippen molar-refractivity contribution in [1.29, 1.82) is 0 Å². The second-order valence-electron chi connectivity index (χ2n) is 7.37. The number of amides is 1. The van der Waals surface area contributed by atoms with Crippen molar-refractivity contribution in [3.8, 4) is 0 Å². The zero-order valence-electron chi connectivity index (χ0n) is 19.4. The molecule has 0 aliphatic carbocycles. The molecule has 0 radical (unpaired) electrons. The summed E-state index contributed by atoms with van der Waals surface area (Å²) in [6, 6.07) is 19.1. The van der Waals surface area contributed by atoms with E-state index < -0.39 is 18.2 Å². The Hall–Kier alpha value is -3.26. The minimum Gasteiger partial charge on any atom is -0.463 e. The molecule has 2 aromatic rings. The third-order valence-corrected chi connectivity index (χ3v) is 5.75. The van der Waals surface area contributed by atoms with Gasteiger partial charge in [0.2, 0.25) is 0 Å². The van der Waals surface area contributed by atoms with Crippen LogP contribution in [0.15, 0.2) is 72.8 Å². The first-order chi connectivity index (χ1) is 16.5. The van der Waals surface area contributed by atoms with Crippen LogP contribution in [0.1, 0.15) is 24.5 Å². The normalized spacial score (nSPS) is 11.2. The highest BCUT2D eigenvalue weighted by Crippen LogP contribution is 2.13. The first kappa shape index (κ1) is 27.0. The van der Waals surface area contributed by atoms with Gasteiger partial charge in [0.1, 0.15) is 12.7 Å². The van der Waals surface area contributed by atoms with E-state index in [0.29, 0.717) is 30.0 Å². The Morgan fingerprint density at radius 3 is 2.26 bits per heavy atom. The number of nitrogens with one attached hydrogen (secondary N) is 1. The van der Waals surface area contributed by atoms with Crippen LogP contribution in [0.2, 0.25) is 0 Å². The molecule has 0 aromatic heterocycles. The fourth-order valence-corrected chi connectivity index (χ4v) is 3.74. The lowest BCUT2D eigenvalue weighted by Gasteiger charge is -2.18. The number of carbonyl (C=O) groups is 3. The summed E-state index contributed by atoms with van der Waals surface area (Å²) in [6.45, 7) is 5.96. The molecule has 2 aromatic carbocycles. The molecule has 0 fully saturated rings. The summed E-state index contributed by atoms with van der Waals surface area (Å²) < 4.78 is 15.8. The zero-order valence-corrected chi connectivity index (χ0v) is 20.2. The first-order valence-electron chi connectivity index (χ1n) is 11.1. The van der Waals surface area contributed by atoms with Crippen LogP contribution in [0.25, 0.3) is 0 Å². The summed E-state index contributed by atoms with van der Waals surface area (Å²) in [5.41, 5.74) is 2.29. The van der Waals surface area contributed by atoms with Gasteiger partial charge in [-0.15, -0.1) is 0 Å². The number of benzene rings is 2. The van der Waals surface area contributed by atoms with Crippen LogP contribution in [-0.2, 0) is 36.8 Å². The molecular formula is C26H31NO6S. The number of alkyl carbamates (subject to hydrolysis) is 1. The van der Waals surface area contributed by atoms with Gasteiger partial charge in [0.25, 0.3) is 0 Å². The van der Waals surface area contributed by atoms with Crippen LogP contribution < -0.4 is 5.32 Å². The van der Waals surface area contributed by atoms with Gasteiger partial charge in [0, 0.05) is 30.0 Å². The van der Waals surface area contributed by atoms with Crippen molar-refractivity contribution < 1.29 is 28.6 Å². The van der Waals surface area contributed by atoms with Gasteiger partial charge in [-0.25, -0.2) is 9.59 Å². The predicted octanol–water partition coefficient (Wildman–Crippen LogP) is 4.31. The summed E-state index contributed by atoms with van der Waals surface area (Å²) in [5.74, 6) is -0.196. The van der Waals surface area contributed by atoms with Gasteiger partial charge >= 0.3 is 18.0 Å². The zero-order chi connectivity index (χ0) is 24.6. The number of thioether (sulfide) groups is 1. The molecule has 0 saturated carbocycles. The summed E-state index contributed by atoms with van der Waals surface area (Å²) in [7, 11) is 0. The fourth-order valence-electron chi connectivity index (χ4n) is 2.83. The highest BCUT2D eigenvalue weighted by Gasteiger charge is 2.18. The highest BCUT2D eigenvalue weighted by atomic mass is 32.2. The molecule has 0 spiro atoms. The number of esters is 2. The summed E-state index contributed by atoms with van der Waals surface area (Å²) in [6.07, 6.45) is -0.504. The van der Waals surface area contributed by atoms with Gasteiger partial charge in [-0.3, -0.25) is 4.79 Å². The van der Waals surface area contributed by atoms with Gasteiger partial charge in [0.15, 0.2) is 0 Å². The molecule has 2 rings (SSSR count). The number of rotatable bonds is 14. The number of aryl methyl sites for hydroxylation is 1. The number of ether oxygens (including phenoxy) is 3. The quantitative estimate of drug-likeness (QED) is 0.242. The smallest absolute Gasteiger partial charge is 0.407 e. The maximum Gasteiger partial charge on any atom is 0.407 e. The summed E-state index contributed by atoms with van der Waals surface area (Å²) >= 11 is 1.35. The molecule has 34 heavy (non-hydrogen) atoms. The molecule has 0 heterocycles. The maximum atomic E-state index is 12.3. The number of carbonyl (C=O) groups excluding carboxylic acids is 3. The average Bonchev–Trinajstić information content (AvgIpc) is 2.86. The van der Waals surface area contributed by atoms with Gasteiger partial charge in [0.05, 0.1) is 6.61 Å². The average molecular weight is 486 g/mol. The van der Waals surface area contributed by atoms with Crippen LogP contribution in [0.3, 0.4) is 0 Å². The number of hydrogen-bond acceptors (Lipinski definition) is 7. The Bertz CT molecular complexity index is 919. The third-order valence-electron chi connectivity index (χ3n) is 4.59. The van der Waals surface area contributed by atoms with Crippen LogP contribution in [0.4, 0.5) is 4.79 Å². The fraction of sp³-hybridized carbons (Fsp3) is 0.346. The van der Waals surface area contributed by atoms with Crippen LogP contribution in [0.5, 0.6) is 0 Å². The van der Waals surface area contributed by atoms with E-state index in [9.17, 15) is 14.4 Å². The third kappa shape index (κ3) is 11.0. The minimum absolute atomic E-state index is 0.0781. The Kier molecular flexibility index (Phi) is 12.3. The summed E-state index contributed by atoms with van der Waals surface area (Å²) in [4.78, 5) is 36.2. The van der Waals surface area contributed by atoms with Gasteiger partial charge in [-0.2, -0.15) is 11.8 Å². The maximum absolute atomic E-state index is 12.3. The monoisotopic (exact) mass is 485 g/mol. The standard InChI is InChI=1S/C26H31NO6S/c1-3-31-25(29)20(2)18-34-19-23(33-26(30)27-16-22-12-8-5-9-13-22)17-32-24(28)15-14-21-10-6-4-7-11-21/h4-13,23H,2-3,14-19H2,1H3,(H,27,30). The largest absolute Gasteiger partial charge is 0.463 e. The highest BCUT2D eigenvalue weighted by molar-refractivity contribution is 7.99. The topological polar surface area (TPSA) is 90.9 Å². The van der Waals surface area contributed by atoms with Crippen molar-refractivity contribution in [2.75, 3.05) is 24.7 Å². The van der Waals surface area contributed by atoms with E-state index in [1.165, 1.54) is 11.8 Å². The molecule has 1 amide bonds. The molecule has 0 bridgehead atoms. The molecule has 1 atom stereocenters. The van der Waals surface area contributed by atoms with E-state index in [-0.39, 0.29) is 25.6 Å². The van der Waals surface area contributed by atoms with Crippen LogP contribution >= 0.6 is 11.8 Å². The molecule has 0 saturated heterocycles. The SMILES string of the molecule is C=C(CSCC(COC(=O)CCc1ccccc1)OC(=O)NCc1ccccc1)C(=O)OCC. The second kappa shape index (κ2) is 15.6. The Morgan fingerprint density at radius 2 is 1.62 bits per heavy atom. The molecule has 7 nitrogen and oxygen atoms in total. The van der Waals surface area contributed by atoms with Crippen molar-refractivity contribution in [3.63, 3.8) is 0 Å². The summed E-state index contributed by atoms with van der Waals surface area (Å²) in [5, 5.41) is 2.70. The Labute approximate surface area is 204 Å². The molecule has 0 aliphatic heterocycles. The molecule has 0 aliphatic rings. The van der Waals surface area contributed by atoms with E-state index in [1.54, 1.807) is 6.92 Å². The lowest BCUT2D eigenvalue weighted by molar-refractivity contribution is -0.146. The van der Waals surface area contributed by atoms with E-state index in [4.69, 9.17) is 14.2 Å². The van der Waals surface area contributed by atoms with Crippen molar-refractivity contribution in [2.45, 2.75) is 32.4 Å². The van der Waals surface area contributed by atoms with E-state index in [0.717, 1.165) is 11.1 Å². The lowest BCUT2D eigenvalue weighted by atomic mass is 10.1. The van der Waals surface area contributed by atoms with Gasteiger partial charge < -0.3 is 19.5 Å². The van der Waals surface area contributed by atoms with E-state index in [2.05, 4.69) is 11.9 Å². The van der Waals surface area contributed by atoms with Crippen molar-refractivity contribution in [2.24, 2.45) is 0 Å².